The Morgan fingerprint density at radius 3 is 2.75 bits per heavy atom. The molecule has 0 aliphatic carbocycles. The Morgan fingerprint density at radius 2 is 1.92 bits per heavy atom. The zero-order valence-corrected chi connectivity index (χ0v) is 13.4. The molecule has 5 nitrogen and oxygen atoms in total. The first-order valence-electron chi connectivity index (χ1n) is 7.69. The first-order chi connectivity index (χ1) is 11.7. The lowest BCUT2D eigenvalue weighted by molar-refractivity contribution is -0.119. The van der Waals surface area contributed by atoms with Gasteiger partial charge in [-0.15, -0.1) is 0 Å². The number of nitrogens with zero attached hydrogens (tertiary/aromatic N) is 2. The quantitative estimate of drug-likeness (QED) is 0.561. The summed E-state index contributed by atoms with van der Waals surface area (Å²) in [4.78, 5) is 16.1. The largest absolute Gasteiger partial charge is 0.376 e. The molecule has 0 saturated heterocycles. The van der Waals surface area contributed by atoms with E-state index in [1.807, 2.05) is 61.5 Å². The minimum absolute atomic E-state index is 0.150. The average Bonchev–Trinajstić information content (AvgIpc) is 2.60. The van der Waals surface area contributed by atoms with E-state index >= 15 is 0 Å². The Balaban J connectivity index is 1.53. The molecule has 24 heavy (non-hydrogen) atoms. The molecule has 0 atom stereocenters. The molecular weight excluding hydrogens is 300 g/mol. The molecule has 0 spiro atoms. The van der Waals surface area contributed by atoms with Gasteiger partial charge in [0.1, 0.15) is 0 Å². The highest BCUT2D eigenvalue weighted by molar-refractivity contribution is 5.87. The Hall–Kier alpha value is -3.21. The number of amides is 1. The number of fused-ring (bicyclic) bond motifs is 1. The minimum Gasteiger partial charge on any atom is -0.376 e. The molecule has 0 saturated carbocycles. The number of rotatable bonds is 5. The predicted molar refractivity (Wildman–Crippen MR) is 97.1 cm³/mol. The molecule has 3 rings (SSSR count). The van der Waals surface area contributed by atoms with Gasteiger partial charge in [-0.25, -0.2) is 5.43 Å². The number of nitrogens with one attached hydrogen (secondary N) is 2. The van der Waals surface area contributed by atoms with Crippen LogP contribution in [0, 0.1) is 6.92 Å². The van der Waals surface area contributed by atoms with E-state index in [-0.39, 0.29) is 12.5 Å². The summed E-state index contributed by atoms with van der Waals surface area (Å²) in [7, 11) is 0. The van der Waals surface area contributed by atoms with E-state index in [2.05, 4.69) is 26.9 Å². The van der Waals surface area contributed by atoms with Crippen molar-refractivity contribution in [3.05, 3.63) is 72.1 Å². The zero-order valence-electron chi connectivity index (χ0n) is 13.4. The van der Waals surface area contributed by atoms with Crippen molar-refractivity contribution in [1.82, 2.24) is 10.4 Å². The molecule has 1 amide bonds. The Labute approximate surface area is 140 Å². The van der Waals surface area contributed by atoms with Crippen LogP contribution in [0.15, 0.2) is 65.8 Å². The molecule has 0 bridgehead atoms. The van der Waals surface area contributed by atoms with E-state index in [4.69, 9.17) is 0 Å². The fourth-order valence-corrected chi connectivity index (χ4v) is 2.33. The summed E-state index contributed by atoms with van der Waals surface area (Å²) in [5.74, 6) is -0.216. The van der Waals surface area contributed by atoms with Gasteiger partial charge in [-0.1, -0.05) is 36.4 Å². The summed E-state index contributed by atoms with van der Waals surface area (Å²) in [6.07, 6.45) is 1.53. The van der Waals surface area contributed by atoms with Gasteiger partial charge in [0.05, 0.1) is 18.5 Å². The van der Waals surface area contributed by atoms with Gasteiger partial charge in [0, 0.05) is 11.4 Å². The number of aromatic nitrogens is 1. The maximum absolute atomic E-state index is 11.8. The Morgan fingerprint density at radius 1 is 1.08 bits per heavy atom. The highest BCUT2D eigenvalue weighted by Crippen LogP contribution is 2.18. The topological polar surface area (TPSA) is 66.4 Å². The molecule has 120 valence electrons. The lowest BCUT2D eigenvalue weighted by Gasteiger charge is -2.06. The van der Waals surface area contributed by atoms with Gasteiger partial charge in [0.25, 0.3) is 5.91 Å². The number of carbonyl (C=O) groups is 1. The van der Waals surface area contributed by atoms with Crippen LogP contribution in [0.2, 0.25) is 0 Å². The van der Waals surface area contributed by atoms with Crippen molar-refractivity contribution >= 4 is 28.6 Å². The average molecular weight is 318 g/mol. The van der Waals surface area contributed by atoms with E-state index < -0.39 is 0 Å². The van der Waals surface area contributed by atoms with Crippen LogP contribution >= 0.6 is 0 Å². The fraction of sp³-hybridized carbons (Fsp3) is 0.105. The highest BCUT2D eigenvalue weighted by atomic mass is 16.2. The summed E-state index contributed by atoms with van der Waals surface area (Å²) in [6, 6.07) is 19.7. The molecule has 5 heteroatoms. The number of hydrazone groups is 1. The molecule has 1 aromatic heterocycles. The second-order valence-corrected chi connectivity index (χ2v) is 5.41. The van der Waals surface area contributed by atoms with Crippen LogP contribution in [-0.2, 0) is 4.79 Å². The van der Waals surface area contributed by atoms with E-state index in [0.29, 0.717) is 5.69 Å². The van der Waals surface area contributed by atoms with E-state index in [9.17, 15) is 4.79 Å². The number of anilines is 1. The van der Waals surface area contributed by atoms with Gasteiger partial charge < -0.3 is 5.32 Å². The maximum atomic E-state index is 11.8. The molecule has 1 heterocycles. The molecule has 3 aromatic rings. The number of hydrogen-bond donors (Lipinski definition) is 2. The summed E-state index contributed by atoms with van der Waals surface area (Å²) in [5.41, 5.74) is 4.99. The third-order valence-corrected chi connectivity index (χ3v) is 3.50. The summed E-state index contributed by atoms with van der Waals surface area (Å²) < 4.78 is 0. The monoisotopic (exact) mass is 318 g/mol. The van der Waals surface area contributed by atoms with Crippen LogP contribution in [0.3, 0.4) is 0 Å². The second-order valence-electron chi connectivity index (χ2n) is 5.41. The molecule has 0 radical (unpaired) electrons. The van der Waals surface area contributed by atoms with Crippen molar-refractivity contribution in [2.45, 2.75) is 6.92 Å². The maximum Gasteiger partial charge on any atom is 0.259 e. The smallest absolute Gasteiger partial charge is 0.259 e. The summed E-state index contributed by atoms with van der Waals surface area (Å²) in [6.45, 7) is 2.06. The van der Waals surface area contributed by atoms with Crippen molar-refractivity contribution in [2.75, 3.05) is 11.9 Å². The zero-order chi connectivity index (χ0) is 16.8. The van der Waals surface area contributed by atoms with Crippen molar-refractivity contribution in [2.24, 2.45) is 5.10 Å². The molecule has 2 N–H and O–H groups in total. The number of hydrogen-bond acceptors (Lipinski definition) is 4. The van der Waals surface area contributed by atoms with Crippen LogP contribution in [0.5, 0.6) is 0 Å². The summed E-state index contributed by atoms with van der Waals surface area (Å²) >= 11 is 0. The SMILES string of the molecule is Cc1cccc(/C=N\NC(=O)CNc2ccc3ccccc3c2)n1. The normalized spacial score (nSPS) is 10.9. The van der Waals surface area contributed by atoms with Crippen LogP contribution in [0.1, 0.15) is 11.4 Å². The van der Waals surface area contributed by atoms with Crippen molar-refractivity contribution in [1.29, 1.82) is 0 Å². The van der Waals surface area contributed by atoms with Crippen LogP contribution in [0.4, 0.5) is 5.69 Å². The molecule has 2 aromatic carbocycles. The Bertz CT molecular complexity index is 889. The highest BCUT2D eigenvalue weighted by Gasteiger charge is 2.00. The third-order valence-electron chi connectivity index (χ3n) is 3.50. The molecule has 0 aliphatic rings. The van der Waals surface area contributed by atoms with Gasteiger partial charge in [0.15, 0.2) is 0 Å². The fourth-order valence-electron chi connectivity index (χ4n) is 2.33. The summed E-state index contributed by atoms with van der Waals surface area (Å²) in [5, 5.41) is 9.31. The second kappa shape index (κ2) is 7.37. The first kappa shape index (κ1) is 15.7. The number of benzene rings is 2. The third kappa shape index (κ3) is 4.16. The van der Waals surface area contributed by atoms with E-state index in [1.54, 1.807) is 0 Å². The van der Waals surface area contributed by atoms with Crippen LogP contribution in [-0.4, -0.2) is 23.7 Å². The molecule has 0 aliphatic heterocycles. The van der Waals surface area contributed by atoms with Crippen LogP contribution < -0.4 is 10.7 Å². The van der Waals surface area contributed by atoms with Crippen LogP contribution in [0.25, 0.3) is 10.8 Å². The number of pyridine rings is 1. The van der Waals surface area contributed by atoms with Gasteiger partial charge in [-0.3, -0.25) is 9.78 Å². The molecule has 0 unspecified atom stereocenters. The standard InChI is InChI=1S/C19H18N4O/c1-14-5-4-8-18(22-14)12-21-23-19(24)13-20-17-10-9-15-6-2-3-7-16(15)11-17/h2-12,20H,13H2,1H3,(H,23,24)/b21-12-. The van der Waals surface area contributed by atoms with Crippen molar-refractivity contribution in [3.63, 3.8) is 0 Å². The predicted octanol–water partition coefficient (Wildman–Crippen LogP) is 3.11. The van der Waals surface area contributed by atoms with Gasteiger partial charge >= 0.3 is 0 Å². The lowest BCUT2D eigenvalue weighted by atomic mass is 10.1. The molecule has 0 fully saturated rings. The number of carbonyl (C=O) groups excluding carboxylic acids is 1. The van der Waals surface area contributed by atoms with Gasteiger partial charge in [-0.05, 0) is 42.0 Å². The molecular formula is C19H18N4O. The minimum atomic E-state index is -0.216. The lowest BCUT2D eigenvalue weighted by Crippen LogP contribution is -2.25. The van der Waals surface area contributed by atoms with E-state index in [1.165, 1.54) is 11.6 Å². The van der Waals surface area contributed by atoms with Crippen molar-refractivity contribution in [3.8, 4) is 0 Å². The van der Waals surface area contributed by atoms with Crippen molar-refractivity contribution < 1.29 is 4.79 Å². The van der Waals surface area contributed by atoms with E-state index in [0.717, 1.165) is 16.8 Å². The Kier molecular flexibility index (Phi) is 4.81. The first-order valence-corrected chi connectivity index (χ1v) is 7.69. The van der Waals surface area contributed by atoms with Gasteiger partial charge in [0.2, 0.25) is 0 Å². The number of aryl methyl sites for hydroxylation is 1. The van der Waals surface area contributed by atoms with Gasteiger partial charge in [-0.2, -0.15) is 5.10 Å².